The summed E-state index contributed by atoms with van der Waals surface area (Å²) < 4.78 is 0. The third-order valence-electron chi connectivity index (χ3n) is 3.74. The molecule has 1 aliphatic heterocycles. The SMILES string of the molecule is CC1(CCc2ccccn2)NCCc2[nH]cnc21. The van der Waals surface area contributed by atoms with E-state index in [0.717, 1.165) is 31.5 Å². The van der Waals surface area contributed by atoms with E-state index < -0.39 is 0 Å². The first kappa shape index (κ1) is 11.4. The third-order valence-corrected chi connectivity index (χ3v) is 3.74. The van der Waals surface area contributed by atoms with Crippen molar-refractivity contribution in [1.82, 2.24) is 20.3 Å². The zero-order valence-electron chi connectivity index (χ0n) is 10.6. The van der Waals surface area contributed by atoms with Crippen LogP contribution in [0.15, 0.2) is 30.7 Å². The Morgan fingerprint density at radius 1 is 1.33 bits per heavy atom. The molecule has 0 radical (unpaired) electrons. The van der Waals surface area contributed by atoms with E-state index in [1.807, 2.05) is 18.3 Å². The highest BCUT2D eigenvalue weighted by Crippen LogP contribution is 2.29. The maximum atomic E-state index is 4.48. The molecule has 1 unspecified atom stereocenters. The van der Waals surface area contributed by atoms with Crippen LogP contribution in [-0.4, -0.2) is 21.5 Å². The maximum Gasteiger partial charge on any atom is 0.0926 e. The highest BCUT2D eigenvalue weighted by Gasteiger charge is 2.33. The number of aromatic nitrogens is 3. The molecule has 0 amide bonds. The normalized spacial score (nSPS) is 22.7. The topological polar surface area (TPSA) is 53.6 Å². The number of hydrogen-bond donors (Lipinski definition) is 2. The Labute approximate surface area is 107 Å². The zero-order chi connectivity index (χ0) is 12.4. The number of pyridine rings is 1. The Kier molecular flexibility index (Phi) is 2.88. The first-order valence-corrected chi connectivity index (χ1v) is 6.46. The van der Waals surface area contributed by atoms with Crippen LogP contribution in [0.25, 0.3) is 0 Å². The highest BCUT2D eigenvalue weighted by atomic mass is 15.1. The van der Waals surface area contributed by atoms with Crippen molar-refractivity contribution >= 4 is 0 Å². The molecule has 0 aliphatic carbocycles. The fraction of sp³-hybridized carbons (Fsp3) is 0.429. The lowest BCUT2D eigenvalue weighted by Crippen LogP contribution is -2.45. The molecular weight excluding hydrogens is 224 g/mol. The highest BCUT2D eigenvalue weighted by molar-refractivity contribution is 5.24. The molecule has 0 saturated heterocycles. The van der Waals surface area contributed by atoms with Gasteiger partial charge >= 0.3 is 0 Å². The molecule has 0 fully saturated rings. The fourth-order valence-corrected chi connectivity index (χ4v) is 2.67. The number of nitrogens with one attached hydrogen (secondary N) is 2. The molecule has 0 spiro atoms. The molecule has 4 heteroatoms. The van der Waals surface area contributed by atoms with Crippen molar-refractivity contribution in [2.45, 2.75) is 31.7 Å². The van der Waals surface area contributed by atoms with Crippen molar-refractivity contribution in [2.24, 2.45) is 0 Å². The number of aromatic amines is 1. The lowest BCUT2D eigenvalue weighted by atomic mass is 9.86. The Hall–Kier alpha value is -1.68. The summed E-state index contributed by atoms with van der Waals surface area (Å²) in [5, 5.41) is 3.60. The van der Waals surface area contributed by atoms with E-state index in [0.29, 0.717) is 0 Å². The third kappa shape index (κ3) is 2.04. The predicted octanol–water partition coefficient (Wildman–Crippen LogP) is 1.80. The van der Waals surface area contributed by atoms with Crippen LogP contribution < -0.4 is 5.32 Å². The second-order valence-corrected chi connectivity index (χ2v) is 5.06. The molecule has 94 valence electrons. The standard InChI is InChI=1S/C14H18N4/c1-14(7-5-11-4-2-3-8-15-11)13-12(6-9-18-14)16-10-17-13/h2-4,8,10,18H,5-7,9H2,1H3,(H,16,17). The Balaban J connectivity index is 1.77. The van der Waals surface area contributed by atoms with Gasteiger partial charge in [0.25, 0.3) is 0 Å². The Morgan fingerprint density at radius 2 is 2.28 bits per heavy atom. The lowest BCUT2D eigenvalue weighted by molar-refractivity contribution is 0.313. The van der Waals surface area contributed by atoms with Crippen molar-refractivity contribution in [2.75, 3.05) is 6.54 Å². The van der Waals surface area contributed by atoms with Gasteiger partial charge in [-0.25, -0.2) is 4.98 Å². The van der Waals surface area contributed by atoms with Crippen LogP contribution in [0.3, 0.4) is 0 Å². The van der Waals surface area contributed by atoms with E-state index >= 15 is 0 Å². The summed E-state index contributed by atoms with van der Waals surface area (Å²) in [5.74, 6) is 0. The number of imidazole rings is 1. The number of nitrogens with zero attached hydrogens (tertiary/aromatic N) is 2. The average Bonchev–Trinajstić information content (AvgIpc) is 2.88. The molecule has 3 heterocycles. The van der Waals surface area contributed by atoms with Crippen molar-refractivity contribution in [3.05, 3.63) is 47.8 Å². The van der Waals surface area contributed by atoms with Gasteiger partial charge in [-0.2, -0.15) is 0 Å². The minimum absolute atomic E-state index is 0.0366. The summed E-state index contributed by atoms with van der Waals surface area (Å²) in [6.07, 6.45) is 6.68. The first-order valence-electron chi connectivity index (χ1n) is 6.46. The number of aryl methyl sites for hydroxylation is 1. The van der Waals surface area contributed by atoms with E-state index in [1.165, 1.54) is 11.4 Å². The summed E-state index contributed by atoms with van der Waals surface area (Å²) >= 11 is 0. The number of rotatable bonds is 3. The minimum atomic E-state index is -0.0366. The van der Waals surface area contributed by atoms with Crippen LogP contribution in [0.1, 0.15) is 30.4 Å². The monoisotopic (exact) mass is 242 g/mol. The summed E-state index contributed by atoms with van der Waals surface area (Å²) in [4.78, 5) is 12.1. The summed E-state index contributed by atoms with van der Waals surface area (Å²) in [7, 11) is 0. The van der Waals surface area contributed by atoms with Gasteiger partial charge in [-0.05, 0) is 31.9 Å². The number of H-pyrrole nitrogens is 1. The second kappa shape index (κ2) is 4.53. The van der Waals surface area contributed by atoms with E-state index in [-0.39, 0.29) is 5.54 Å². The van der Waals surface area contributed by atoms with Crippen molar-refractivity contribution in [3.8, 4) is 0 Å². The summed E-state index contributed by atoms with van der Waals surface area (Å²) in [6, 6.07) is 6.08. The maximum absolute atomic E-state index is 4.48. The van der Waals surface area contributed by atoms with Crippen molar-refractivity contribution in [1.29, 1.82) is 0 Å². The quantitative estimate of drug-likeness (QED) is 0.863. The molecule has 0 bridgehead atoms. The minimum Gasteiger partial charge on any atom is -0.348 e. The van der Waals surface area contributed by atoms with Gasteiger partial charge in [0.1, 0.15) is 0 Å². The molecule has 1 aliphatic rings. The van der Waals surface area contributed by atoms with Crippen LogP contribution in [0.5, 0.6) is 0 Å². The molecular formula is C14H18N4. The van der Waals surface area contributed by atoms with E-state index in [9.17, 15) is 0 Å². The summed E-state index contributed by atoms with van der Waals surface area (Å²) in [6.45, 7) is 3.24. The van der Waals surface area contributed by atoms with Gasteiger partial charge in [0, 0.05) is 30.6 Å². The molecule has 2 aromatic heterocycles. The Bertz CT molecular complexity index is 520. The van der Waals surface area contributed by atoms with Crippen LogP contribution in [-0.2, 0) is 18.4 Å². The second-order valence-electron chi connectivity index (χ2n) is 5.06. The average molecular weight is 242 g/mol. The zero-order valence-corrected chi connectivity index (χ0v) is 10.6. The van der Waals surface area contributed by atoms with E-state index in [2.05, 4.69) is 33.3 Å². The molecule has 2 N–H and O–H groups in total. The molecule has 2 aromatic rings. The predicted molar refractivity (Wildman–Crippen MR) is 70.2 cm³/mol. The molecule has 1 atom stereocenters. The smallest absolute Gasteiger partial charge is 0.0926 e. The van der Waals surface area contributed by atoms with Gasteiger partial charge in [0.05, 0.1) is 17.6 Å². The molecule has 0 aromatic carbocycles. The molecule has 3 rings (SSSR count). The molecule has 18 heavy (non-hydrogen) atoms. The fourth-order valence-electron chi connectivity index (χ4n) is 2.67. The van der Waals surface area contributed by atoms with Crippen LogP contribution >= 0.6 is 0 Å². The van der Waals surface area contributed by atoms with Gasteiger partial charge in [-0.3, -0.25) is 4.98 Å². The van der Waals surface area contributed by atoms with Crippen LogP contribution in [0, 0.1) is 0 Å². The van der Waals surface area contributed by atoms with Crippen molar-refractivity contribution in [3.63, 3.8) is 0 Å². The number of fused-ring (bicyclic) bond motifs is 1. The Morgan fingerprint density at radius 3 is 3.11 bits per heavy atom. The van der Waals surface area contributed by atoms with E-state index in [1.54, 1.807) is 6.33 Å². The first-order chi connectivity index (χ1) is 8.78. The summed E-state index contributed by atoms with van der Waals surface area (Å²) in [5.41, 5.74) is 3.55. The lowest BCUT2D eigenvalue weighted by Gasteiger charge is -2.34. The van der Waals surface area contributed by atoms with Gasteiger partial charge in [0.2, 0.25) is 0 Å². The van der Waals surface area contributed by atoms with Gasteiger partial charge in [-0.1, -0.05) is 6.07 Å². The van der Waals surface area contributed by atoms with Crippen LogP contribution in [0.2, 0.25) is 0 Å². The largest absolute Gasteiger partial charge is 0.348 e. The van der Waals surface area contributed by atoms with Crippen LogP contribution in [0.4, 0.5) is 0 Å². The molecule has 0 saturated carbocycles. The molecule has 4 nitrogen and oxygen atoms in total. The van der Waals surface area contributed by atoms with Gasteiger partial charge < -0.3 is 10.3 Å². The van der Waals surface area contributed by atoms with E-state index in [4.69, 9.17) is 0 Å². The van der Waals surface area contributed by atoms with Gasteiger partial charge in [-0.15, -0.1) is 0 Å². The van der Waals surface area contributed by atoms with Crippen molar-refractivity contribution < 1.29 is 0 Å². The number of hydrogen-bond acceptors (Lipinski definition) is 3. The van der Waals surface area contributed by atoms with Gasteiger partial charge in [0.15, 0.2) is 0 Å².